The first-order chi connectivity index (χ1) is 10.7. The summed E-state index contributed by atoms with van der Waals surface area (Å²) in [5.41, 5.74) is 8.96. The number of hydrogen-bond donors (Lipinski definition) is 1. The van der Waals surface area contributed by atoms with Crippen molar-refractivity contribution in [3.8, 4) is 0 Å². The van der Waals surface area contributed by atoms with Crippen LogP contribution in [0, 0.1) is 5.82 Å². The van der Waals surface area contributed by atoms with Crippen molar-refractivity contribution < 1.29 is 4.39 Å². The number of anilines is 2. The molecule has 3 rings (SSSR count). The molecule has 0 amide bonds. The Hall–Kier alpha value is -2.07. The first kappa shape index (κ1) is 14.9. The molecule has 0 bridgehead atoms. The normalized spacial score (nSPS) is 16.0. The van der Waals surface area contributed by atoms with E-state index in [1.54, 1.807) is 0 Å². The van der Waals surface area contributed by atoms with E-state index in [2.05, 4.69) is 21.9 Å². The second kappa shape index (κ2) is 6.79. The van der Waals surface area contributed by atoms with E-state index in [0.29, 0.717) is 0 Å². The summed E-state index contributed by atoms with van der Waals surface area (Å²) < 4.78 is 13.0. The van der Waals surface area contributed by atoms with Crippen LogP contribution in [0.25, 0.3) is 0 Å². The molecule has 0 aromatic heterocycles. The molecule has 1 fully saturated rings. The largest absolute Gasteiger partial charge is 0.399 e. The van der Waals surface area contributed by atoms with Gasteiger partial charge in [0.05, 0.1) is 0 Å². The fourth-order valence-electron chi connectivity index (χ4n) is 2.85. The summed E-state index contributed by atoms with van der Waals surface area (Å²) in [7, 11) is 0. The van der Waals surface area contributed by atoms with Gasteiger partial charge < -0.3 is 10.6 Å². The van der Waals surface area contributed by atoms with Crippen LogP contribution in [0.3, 0.4) is 0 Å². The van der Waals surface area contributed by atoms with Gasteiger partial charge in [0.1, 0.15) is 5.82 Å². The number of nitrogen functional groups attached to an aromatic ring is 1. The monoisotopic (exact) mass is 299 g/mol. The van der Waals surface area contributed by atoms with E-state index in [4.69, 9.17) is 5.73 Å². The summed E-state index contributed by atoms with van der Waals surface area (Å²) in [6, 6.07) is 14.9. The lowest BCUT2D eigenvalue weighted by molar-refractivity contribution is 0.261. The van der Waals surface area contributed by atoms with Crippen molar-refractivity contribution in [3.05, 3.63) is 59.9 Å². The summed E-state index contributed by atoms with van der Waals surface area (Å²) in [6.07, 6.45) is 1.05. The third kappa shape index (κ3) is 3.77. The molecule has 116 valence electrons. The highest BCUT2D eigenvalue weighted by molar-refractivity contribution is 5.46. The van der Waals surface area contributed by atoms with Gasteiger partial charge >= 0.3 is 0 Å². The minimum absolute atomic E-state index is 0.175. The van der Waals surface area contributed by atoms with Crippen molar-refractivity contribution >= 4 is 11.4 Å². The topological polar surface area (TPSA) is 32.5 Å². The van der Waals surface area contributed by atoms with Crippen LogP contribution in [-0.4, -0.2) is 37.6 Å². The molecule has 2 aromatic carbocycles. The highest BCUT2D eigenvalue weighted by Crippen LogP contribution is 2.17. The zero-order valence-electron chi connectivity index (χ0n) is 12.7. The quantitative estimate of drug-likeness (QED) is 0.881. The van der Waals surface area contributed by atoms with E-state index in [9.17, 15) is 4.39 Å². The number of benzene rings is 2. The summed E-state index contributed by atoms with van der Waals surface area (Å²) in [4.78, 5) is 4.80. The molecule has 1 saturated heterocycles. The van der Waals surface area contributed by atoms with Gasteiger partial charge in [-0.05, 0) is 48.4 Å². The Morgan fingerprint density at radius 1 is 0.864 bits per heavy atom. The number of nitrogens with zero attached hydrogens (tertiary/aromatic N) is 2. The number of hydrogen-bond acceptors (Lipinski definition) is 3. The standard InChI is InChI=1S/C18H22FN3/c19-16-3-7-18(8-4-16)22-13-11-21(12-14-22)10-9-15-1-5-17(20)6-2-15/h1-8H,9-14,20H2. The number of piperazine rings is 1. The second-order valence-corrected chi connectivity index (χ2v) is 5.80. The van der Waals surface area contributed by atoms with Crippen LogP contribution in [-0.2, 0) is 6.42 Å². The average Bonchev–Trinajstić information content (AvgIpc) is 2.56. The Kier molecular flexibility index (Phi) is 4.59. The third-order valence-corrected chi connectivity index (χ3v) is 4.26. The maximum atomic E-state index is 13.0. The van der Waals surface area contributed by atoms with E-state index in [1.807, 2.05) is 24.3 Å². The van der Waals surface area contributed by atoms with Crippen molar-refractivity contribution in [3.63, 3.8) is 0 Å². The second-order valence-electron chi connectivity index (χ2n) is 5.80. The lowest BCUT2D eigenvalue weighted by Crippen LogP contribution is -2.47. The molecule has 22 heavy (non-hydrogen) atoms. The molecule has 0 atom stereocenters. The van der Waals surface area contributed by atoms with Gasteiger partial charge in [0.15, 0.2) is 0 Å². The zero-order chi connectivity index (χ0) is 15.4. The van der Waals surface area contributed by atoms with Crippen LogP contribution in [0.15, 0.2) is 48.5 Å². The van der Waals surface area contributed by atoms with Gasteiger partial charge in [-0.2, -0.15) is 0 Å². The molecule has 1 aliphatic heterocycles. The Bertz CT molecular complexity index is 587. The Morgan fingerprint density at radius 2 is 1.50 bits per heavy atom. The van der Waals surface area contributed by atoms with Gasteiger partial charge in [0.25, 0.3) is 0 Å². The summed E-state index contributed by atoms with van der Waals surface area (Å²) in [6.45, 7) is 5.15. The van der Waals surface area contributed by atoms with Crippen LogP contribution in [0.1, 0.15) is 5.56 Å². The van der Waals surface area contributed by atoms with Crippen molar-refractivity contribution in [1.29, 1.82) is 0 Å². The minimum atomic E-state index is -0.175. The lowest BCUT2D eigenvalue weighted by Gasteiger charge is -2.36. The molecule has 0 radical (unpaired) electrons. The molecule has 0 unspecified atom stereocenters. The summed E-state index contributed by atoms with van der Waals surface area (Å²) in [5, 5.41) is 0. The van der Waals surface area contributed by atoms with Crippen molar-refractivity contribution in [2.24, 2.45) is 0 Å². The smallest absolute Gasteiger partial charge is 0.123 e. The van der Waals surface area contributed by atoms with Crippen LogP contribution in [0.4, 0.5) is 15.8 Å². The maximum absolute atomic E-state index is 13.0. The highest BCUT2D eigenvalue weighted by atomic mass is 19.1. The maximum Gasteiger partial charge on any atom is 0.123 e. The minimum Gasteiger partial charge on any atom is -0.399 e. The van der Waals surface area contributed by atoms with E-state index in [-0.39, 0.29) is 5.82 Å². The zero-order valence-corrected chi connectivity index (χ0v) is 12.7. The fourth-order valence-corrected chi connectivity index (χ4v) is 2.85. The van der Waals surface area contributed by atoms with Gasteiger partial charge in [-0.15, -0.1) is 0 Å². The summed E-state index contributed by atoms with van der Waals surface area (Å²) >= 11 is 0. The van der Waals surface area contributed by atoms with Crippen molar-refractivity contribution in [2.75, 3.05) is 43.4 Å². The molecule has 1 aliphatic rings. The predicted octanol–water partition coefficient (Wildman–Crippen LogP) is 2.77. The van der Waals surface area contributed by atoms with E-state index in [0.717, 1.165) is 50.5 Å². The molecule has 0 aliphatic carbocycles. The average molecular weight is 299 g/mol. The van der Waals surface area contributed by atoms with Gasteiger partial charge in [-0.1, -0.05) is 12.1 Å². The van der Waals surface area contributed by atoms with Crippen LogP contribution in [0.2, 0.25) is 0 Å². The Labute approximate surface area is 131 Å². The van der Waals surface area contributed by atoms with Gasteiger partial charge in [0, 0.05) is 44.1 Å². The Morgan fingerprint density at radius 3 is 2.14 bits per heavy atom. The van der Waals surface area contributed by atoms with E-state index in [1.165, 1.54) is 17.7 Å². The van der Waals surface area contributed by atoms with E-state index < -0.39 is 0 Å². The molecule has 1 heterocycles. The van der Waals surface area contributed by atoms with Crippen LogP contribution < -0.4 is 10.6 Å². The SMILES string of the molecule is Nc1ccc(CCN2CCN(c3ccc(F)cc3)CC2)cc1. The van der Waals surface area contributed by atoms with E-state index >= 15 is 0 Å². The van der Waals surface area contributed by atoms with Crippen LogP contribution in [0.5, 0.6) is 0 Å². The molecule has 0 spiro atoms. The molecule has 4 heteroatoms. The van der Waals surface area contributed by atoms with Gasteiger partial charge in [-0.3, -0.25) is 4.90 Å². The lowest BCUT2D eigenvalue weighted by atomic mass is 10.1. The fraction of sp³-hybridized carbons (Fsp3) is 0.333. The first-order valence-corrected chi connectivity index (χ1v) is 7.78. The number of rotatable bonds is 4. The highest BCUT2D eigenvalue weighted by Gasteiger charge is 2.16. The van der Waals surface area contributed by atoms with Crippen LogP contribution >= 0.6 is 0 Å². The molecule has 2 N–H and O–H groups in total. The van der Waals surface area contributed by atoms with Crippen molar-refractivity contribution in [1.82, 2.24) is 4.90 Å². The Balaban J connectivity index is 1.47. The molecule has 0 saturated carbocycles. The van der Waals surface area contributed by atoms with Crippen molar-refractivity contribution in [2.45, 2.75) is 6.42 Å². The molecule has 3 nitrogen and oxygen atoms in total. The molecular weight excluding hydrogens is 277 g/mol. The molecular formula is C18H22FN3. The number of halogens is 1. The third-order valence-electron chi connectivity index (χ3n) is 4.26. The summed E-state index contributed by atoms with van der Waals surface area (Å²) in [5.74, 6) is -0.175. The van der Waals surface area contributed by atoms with Gasteiger partial charge in [-0.25, -0.2) is 4.39 Å². The predicted molar refractivity (Wildman–Crippen MR) is 89.6 cm³/mol. The van der Waals surface area contributed by atoms with Gasteiger partial charge in [0.2, 0.25) is 0 Å². The molecule has 2 aromatic rings. The number of nitrogens with two attached hydrogens (primary N) is 1. The first-order valence-electron chi connectivity index (χ1n) is 7.78.